The molecule has 0 amide bonds. The van der Waals surface area contributed by atoms with E-state index < -0.39 is 0 Å². The largest absolute Gasteiger partial charge is 0.457 e. The van der Waals surface area contributed by atoms with E-state index in [0.717, 1.165) is 0 Å². The number of carbonyl (C=O) groups excluding carboxylic acids is 1. The van der Waals surface area contributed by atoms with E-state index >= 15 is 0 Å². The standard InChI is InChI=1S/C6H11O2PS/c1-6(2,3)8-5(7)4-9-10/h4H2,1-3H3/p+1. The van der Waals surface area contributed by atoms with E-state index in [9.17, 15) is 4.79 Å². The van der Waals surface area contributed by atoms with Gasteiger partial charge in [0.15, 0.2) is 19.2 Å². The van der Waals surface area contributed by atoms with Crippen molar-refractivity contribution < 1.29 is 9.53 Å². The molecule has 2 nitrogen and oxygen atoms in total. The first-order chi connectivity index (χ1) is 4.45. The maximum Gasteiger partial charge on any atom is 0.352 e. The molecule has 0 saturated carbocycles. The molecule has 0 aromatic rings. The number of esters is 1. The molecular weight excluding hydrogens is 167 g/mol. The van der Waals surface area contributed by atoms with E-state index in [0.29, 0.717) is 6.16 Å². The van der Waals surface area contributed by atoms with Crippen molar-refractivity contribution in [1.29, 1.82) is 0 Å². The van der Waals surface area contributed by atoms with Crippen molar-refractivity contribution in [2.45, 2.75) is 26.4 Å². The highest BCUT2D eigenvalue weighted by atomic mass is 32.4. The Labute approximate surface area is 67.8 Å². The van der Waals surface area contributed by atoms with Gasteiger partial charge in [-0.3, -0.25) is 0 Å². The Bertz CT molecular complexity index is 139. The van der Waals surface area contributed by atoms with Crippen LogP contribution in [0.2, 0.25) is 0 Å². The van der Waals surface area contributed by atoms with Gasteiger partial charge in [0.2, 0.25) is 6.16 Å². The van der Waals surface area contributed by atoms with Crippen molar-refractivity contribution in [2.75, 3.05) is 6.16 Å². The predicted octanol–water partition coefficient (Wildman–Crippen LogP) is 1.47. The molecule has 10 heavy (non-hydrogen) atoms. The molecule has 58 valence electrons. The lowest BCUT2D eigenvalue weighted by atomic mass is 10.2. The van der Waals surface area contributed by atoms with Gasteiger partial charge in [-0.15, -0.1) is 0 Å². The molecular formula is C6H12O2PS+. The topological polar surface area (TPSA) is 26.3 Å². The Kier molecular flexibility index (Phi) is 3.99. The van der Waals surface area contributed by atoms with Gasteiger partial charge < -0.3 is 4.74 Å². The highest BCUT2D eigenvalue weighted by molar-refractivity contribution is 7.96. The Morgan fingerprint density at radius 1 is 1.60 bits per heavy atom. The van der Waals surface area contributed by atoms with Crippen molar-refractivity contribution in [1.82, 2.24) is 0 Å². The highest BCUT2D eigenvalue weighted by Gasteiger charge is 2.16. The lowest BCUT2D eigenvalue weighted by Gasteiger charge is -2.17. The molecule has 0 saturated heterocycles. The van der Waals surface area contributed by atoms with Gasteiger partial charge in [-0.05, 0) is 20.8 Å². The lowest BCUT2D eigenvalue weighted by molar-refractivity contribution is -0.151. The van der Waals surface area contributed by atoms with Gasteiger partial charge in [0.1, 0.15) is 5.60 Å². The molecule has 0 spiro atoms. The molecule has 0 aliphatic rings. The van der Waals surface area contributed by atoms with Crippen molar-refractivity contribution in [3.8, 4) is 0 Å². The summed E-state index contributed by atoms with van der Waals surface area (Å²) in [4.78, 5) is 10.8. The third-order valence-corrected chi connectivity index (χ3v) is 1.50. The molecule has 0 aliphatic heterocycles. The van der Waals surface area contributed by atoms with Gasteiger partial charge in [-0.25, -0.2) is 4.79 Å². The monoisotopic (exact) mass is 179 g/mol. The molecule has 0 aliphatic carbocycles. The van der Waals surface area contributed by atoms with Crippen LogP contribution in [0.4, 0.5) is 0 Å². The van der Waals surface area contributed by atoms with Crippen LogP contribution in [-0.2, 0) is 21.3 Å². The summed E-state index contributed by atoms with van der Waals surface area (Å²) >= 11 is 4.64. The summed E-state index contributed by atoms with van der Waals surface area (Å²) in [5, 5.41) is 0. The van der Waals surface area contributed by atoms with Crippen molar-refractivity contribution in [2.24, 2.45) is 0 Å². The minimum absolute atomic E-state index is 0.194. The fourth-order valence-electron chi connectivity index (χ4n) is 0.437. The summed E-state index contributed by atoms with van der Waals surface area (Å²) in [6.45, 7) is 5.53. The maximum absolute atomic E-state index is 10.8. The van der Waals surface area contributed by atoms with Crippen LogP contribution in [0.5, 0.6) is 0 Å². The summed E-state index contributed by atoms with van der Waals surface area (Å²) in [6.07, 6.45) is 0.368. The Morgan fingerprint density at radius 3 is 2.40 bits per heavy atom. The van der Waals surface area contributed by atoms with Crippen molar-refractivity contribution in [3.63, 3.8) is 0 Å². The highest BCUT2D eigenvalue weighted by Crippen LogP contribution is 2.08. The first-order valence-corrected chi connectivity index (χ1v) is 5.36. The molecule has 0 radical (unpaired) electrons. The number of rotatable bonds is 2. The van der Waals surface area contributed by atoms with Crippen LogP contribution >= 0.6 is 7.36 Å². The molecule has 0 rings (SSSR count). The zero-order valence-electron chi connectivity index (χ0n) is 6.43. The van der Waals surface area contributed by atoms with E-state index in [1.165, 1.54) is 0 Å². The molecule has 0 aromatic heterocycles. The fourth-order valence-corrected chi connectivity index (χ4v) is 0.980. The summed E-state index contributed by atoms with van der Waals surface area (Å²) in [7, 11) is 0.233. The maximum atomic E-state index is 10.8. The first-order valence-electron chi connectivity index (χ1n) is 3.02. The van der Waals surface area contributed by atoms with Gasteiger partial charge in [0.05, 0.1) is 0 Å². The van der Waals surface area contributed by atoms with Crippen LogP contribution in [-0.4, -0.2) is 17.7 Å². The number of ether oxygens (including phenoxy) is 1. The second kappa shape index (κ2) is 3.99. The minimum Gasteiger partial charge on any atom is -0.457 e. The van der Waals surface area contributed by atoms with Crippen LogP contribution < -0.4 is 0 Å². The zero-order valence-corrected chi connectivity index (χ0v) is 8.25. The molecule has 0 aromatic carbocycles. The van der Waals surface area contributed by atoms with Gasteiger partial charge in [-0.2, -0.15) is 0 Å². The number of carbonyl (C=O) groups is 1. The fraction of sp³-hybridized carbons (Fsp3) is 0.833. The average Bonchev–Trinajstić information content (AvgIpc) is 1.59. The van der Waals surface area contributed by atoms with Gasteiger partial charge >= 0.3 is 5.97 Å². The van der Waals surface area contributed by atoms with Gasteiger partial charge in [-0.1, -0.05) is 0 Å². The van der Waals surface area contributed by atoms with Crippen LogP contribution in [0.25, 0.3) is 0 Å². The van der Waals surface area contributed by atoms with E-state index in [4.69, 9.17) is 4.74 Å². The first kappa shape index (κ1) is 9.99. The zero-order chi connectivity index (χ0) is 8.20. The third kappa shape index (κ3) is 6.12. The number of hydrogen-bond donors (Lipinski definition) is 0. The van der Waals surface area contributed by atoms with Crippen LogP contribution in [0, 0.1) is 0 Å². The van der Waals surface area contributed by atoms with Gasteiger partial charge in [0, 0.05) is 0 Å². The molecule has 0 N–H and O–H groups in total. The molecule has 4 heteroatoms. The summed E-state index contributed by atoms with van der Waals surface area (Å²) < 4.78 is 4.98. The SMILES string of the molecule is CC(C)(C)OC(=O)C[PH+]=S. The summed E-state index contributed by atoms with van der Waals surface area (Å²) in [6, 6.07) is 0. The van der Waals surface area contributed by atoms with Crippen LogP contribution in [0.3, 0.4) is 0 Å². The molecule has 0 bridgehead atoms. The van der Waals surface area contributed by atoms with E-state index in [1.807, 2.05) is 20.8 Å². The Hall–Kier alpha value is -0.0100. The third-order valence-electron chi connectivity index (χ3n) is 0.637. The molecule has 0 heterocycles. The average molecular weight is 179 g/mol. The van der Waals surface area contributed by atoms with Crippen LogP contribution in [0.1, 0.15) is 20.8 Å². The predicted molar refractivity (Wildman–Crippen MR) is 46.4 cm³/mol. The second-order valence-electron chi connectivity index (χ2n) is 2.91. The molecule has 1 atom stereocenters. The quantitative estimate of drug-likeness (QED) is 0.474. The Balaban J connectivity index is 3.68. The van der Waals surface area contributed by atoms with Gasteiger partial charge in [0.25, 0.3) is 0 Å². The second-order valence-corrected chi connectivity index (χ2v) is 4.42. The van der Waals surface area contributed by atoms with E-state index in [-0.39, 0.29) is 18.9 Å². The summed E-state index contributed by atoms with van der Waals surface area (Å²) in [5.41, 5.74) is -0.369. The Morgan fingerprint density at radius 2 is 2.10 bits per heavy atom. The van der Waals surface area contributed by atoms with E-state index in [1.54, 1.807) is 0 Å². The lowest BCUT2D eigenvalue weighted by Crippen LogP contribution is -2.24. The number of hydrogen-bond acceptors (Lipinski definition) is 3. The molecule has 1 unspecified atom stereocenters. The minimum atomic E-state index is -0.369. The van der Waals surface area contributed by atoms with Crippen LogP contribution in [0.15, 0.2) is 0 Å². The smallest absolute Gasteiger partial charge is 0.352 e. The van der Waals surface area contributed by atoms with Crippen molar-refractivity contribution in [3.05, 3.63) is 0 Å². The molecule has 0 fully saturated rings. The summed E-state index contributed by atoms with van der Waals surface area (Å²) in [5.74, 6) is -0.194. The van der Waals surface area contributed by atoms with E-state index in [2.05, 4.69) is 11.8 Å². The normalized spacial score (nSPS) is 11.5. The van der Waals surface area contributed by atoms with Crippen molar-refractivity contribution >= 4 is 25.1 Å².